The third-order valence-corrected chi connectivity index (χ3v) is 6.14. The second-order valence-corrected chi connectivity index (χ2v) is 8.64. The number of carbonyl (C=O) groups is 2. The number of rotatable bonds is 6. The van der Waals surface area contributed by atoms with Crippen molar-refractivity contribution in [1.29, 1.82) is 0 Å². The van der Waals surface area contributed by atoms with Gasteiger partial charge in [-0.05, 0) is 37.7 Å². The summed E-state index contributed by atoms with van der Waals surface area (Å²) in [6.07, 6.45) is 4.72. The minimum atomic E-state index is -0.584. The van der Waals surface area contributed by atoms with Gasteiger partial charge in [0.1, 0.15) is 15.5 Å². The van der Waals surface area contributed by atoms with Gasteiger partial charge in [-0.2, -0.15) is 0 Å². The number of hydrogen-bond acceptors (Lipinski definition) is 6. The second-order valence-electron chi connectivity index (χ2n) is 7.64. The monoisotopic (exact) mass is 405 g/mol. The molecule has 0 bridgehead atoms. The van der Waals surface area contributed by atoms with Crippen LogP contribution in [0.1, 0.15) is 60.6 Å². The van der Waals surface area contributed by atoms with Crippen molar-refractivity contribution in [3.8, 4) is 0 Å². The van der Waals surface area contributed by atoms with Crippen molar-refractivity contribution in [1.82, 2.24) is 14.9 Å². The quantitative estimate of drug-likeness (QED) is 0.747. The van der Waals surface area contributed by atoms with Crippen LogP contribution in [0.15, 0.2) is 4.79 Å². The van der Waals surface area contributed by atoms with Crippen molar-refractivity contribution in [3.63, 3.8) is 0 Å². The molecule has 0 fully saturated rings. The molecule has 1 amide bonds. The summed E-state index contributed by atoms with van der Waals surface area (Å²) in [5.41, 5.74) is 0.503. The third-order valence-electron chi connectivity index (χ3n) is 4.98. The summed E-state index contributed by atoms with van der Waals surface area (Å²) in [5.74, 6) is 0.378. The van der Waals surface area contributed by atoms with Gasteiger partial charge in [0.25, 0.3) is 11.5 Å². The summed E-state index contributed by atoms with van der Waals surface area (Å²) in [7, 11) is 0. The van der Waals surface area contributed by atoms with E-state index in [1.165, 1.54) is 11.3 Å². The van der Waals surface area contributed by atoms with Crippen molar-refractivity contribution in [2.24, 2.45) is 5.92 Å². The van der Waals surface area contributed by atoms with E-state index in [2.05, 4.69) is 24.1 Å². The molecule has 152 valence electrons. The highest BCUT2D eigenvalue weighted by Crippen LogP contribution is 2.28. The van der Waals surface area contributed by atoms with E-state index in [-0.39, 0.29) is 18.1 Å². The number of nitrogens with one attached hydrogen (secondary N) is 1. The number of amides is 1. The molecule has 0 aliphatic carbocycles. The Kier molecular flexibility index (Phi) is 6.49. The van der Waals surface area contributed by atoms with Crippen molar-refractivity contribution >= 4 is 33.4 Å². The van der Waals surface area contributed by atoms with Crippen molar-refractivity contribution < 1.29 is 14.3 Å². The number of nitrogens with zero attached hydrogens (tertiary/aromatic N) is 2. The summed E-state index contributed by atoms with van der Waals surface area (Å²) in [5, 5.41) is 3.23. The Morgan fingerprint density at radius 2 is 2.07 bits per heavy atom. The first-order valence-corrected chi connectivity index (χ1v) is 10.7. The fourth-order valence-electron chi connectivity index (χ4n) is 3.35. The molecular weight excluding hydrogens is 378 g/mol. The molecule has 1 aliphatic rings. The first-order valence-electron chi connectivity index (χ1n) is 9.85. The Morgan fingerprint density at radius 3 is 2.82 bits per heavy atom. The van der Waals surface area contributed by atoms with Crippen LogP contribution < -0.4 is 10.9 Å². The summed E-state index contributed by atoms with van der Waals surface area (Å²) in [6.45, 7) is 6.79. The number of hydrogen-bond donors (Lipinski definition) is 1. The van der Waals surface area contributed by atoms with Gasteiger partial charge in [0.15, 0.2) is 6.61 Å². The zero-order valence-corrected chi connectivity index (χ0v) is 17.5. The molecule has 3 rings (SSSR count). The highest BCUT2D eigenvalue weighted by Gasteiger charge is 2.23. The van der Waals surface area contributed by atoms with Gasteiger partial charge in [-0.1, -0.05) is 20.3 Å². The summed E-state index contributed by atoms with van der Waals surface area (Å²) in [4.78, 5) is 42.8. The minimum Gasteiger partial charge on any atom is -0.451 e. The molecule has 8 heteroatoms. The topological polar surface area (TPSA) is 90.3 Å². The fourth-order valence-corrected chi connectivity index (χ4v) is 4.44. The highest BCUT2D eigenvalue weighted by molar-refractivity contribution is 7.20. The zero-order chi connectivity index (χ0) is 20.3. The molecule has 0 radical (unpaired) electrons. The van der Waals surface area contributed by atoms with E-state index in [0.29, 0.717) is 39.7 Å². The Morgan fingerprint density at radius 1 is 1.29 bits per heavy atom. The lowest BCUT2D eigenvalue weighted by Crippen LogP contribution is -2.30. The number of aryl methyl sites for hydroxylation is 2. The molecule has 2 aromatic heterocycles. The normalized spacial score (nSPS) is 14.0. The van der Waals surface area contributed by atoms with Gasteiger partial charge >= 0.3 is 5.97 Å². The molecule has 7 nitrogen and oxygen atoms in total. The van der Waals surface area contributed by atoms with Crippen LogP contribution in [0.2, 0.25) is 0 Å². The minimum absolute atomic E-state index is 0.0823. The number of thiophene rings is 1. The molecular formula is C20H27N3O4S. The largest absolute Gasteiger partial charge is 0.451 e. The maximum absolute atomic E-state index is 12.9. The molecule has 0 saturated heterocycles. The van der Waals surface area contributed by atoms with Crippen LogP contribution in [0.4, 0.5) is 0 Å². The predicted molar refractivity (Wildman–Crippen MR) is 109 cm³/mol. The number of esters is 1. The van der Waals surface area contributed by atoms with Gasteiger partial charge in [-0.3, -0.25) is 14.2 Å². The molecule has 0 atom stereocenters. The lowest BCUT2D eigenvalue weighted by Gasteiger charge is -2.08. The SMILES string of the molecule is Cc1c(C(=O)OCC(=O)NCCC(C)C)sc2nc3n(c(=O)c12)CCCCC3. The number of ether oxygens (including phenoxy) is 1. The van der Waals surface area contributed by atoms with Crippen molar-refractivity contribution in [2.45, 2.75) is 59.4 Å². The molecule has 1 N–H and O–H groups in total. The Labute approximate surface area is 168 Å². The number of aromatic nitrogens is 2. The number of carbonyl (C=O) groups excluding carboxylic acids is 2. The van der Waals surface area contributed by atoms with Crippen LogP contribution in [0.3, 0.4) is 0 Å². The Hall–Kier alpha value is -2.22. The van der Waals surface area contributed by atoms with Crippen molar-refractivity contribution in [2.75, 3.05) is 13.2 Å². The van der Waals surface area contributed by atoms with E-state index in [1.54, 1.807) is 11.5 Å². The third kappa shape index (κ3) is 4.43. The molecule has 0 aromatic carbocycles. The van der Waals surface area contributed by atoms with Crippen LogP contribution in [-0.4, -0.2) is 34.6 Å². The molecule has 2 aromatic rings. The van der Waals surface area contributed by atoms with E-state index in [9.17, 15) is 14.4 Å². The molecule has 0 unspecified atom stereocenters. The van der Waals surface area contributed by atoms with E-state index in [4.69, 9.17) is 4.74 Å². The van der Waals surface area contributed by atoms with Gasteiger partial charge in [-0.25, -0.2) is 9.78 Å². The molecule has 0 spiro atoms. The fraction of sp³-hybridized carbons (Fsp3) is 0.600. The predicted octanol–water partition coefficient (Wildman–Crippen LogP) is 2.81. The van der Waals surface area contributed by atoms with Crippen LogP contribution in [-0.2, 0) is 22.5 Å². The van der Waals surface area contributed by atoms with Gasteiger partial charge in [0, 0.05) is 19.5 Å². The van der Waals surface area contributed by atoms with Crippen LogP contribution >= 0.6 is 11.3 Å². The standard InChI is InChI=1S/C20H27N3O4S/c1-12(2)8-9-21-15(24)11-27-20(26)17-13(3)16-18(28-17)22-14-7-5-4-6-10-23(14)19(16)25/h12H,4-11H2,1-3H3,(H,21,24). The smallest absolute Gasteiger partial charge is 0.349 e. The van der Waals surface area contributed by atoms with Gasteiger partial charge in [0.05, 0.1) is 5.39 Å². The van der Waals surface area contributed by atoms with Crippen LogP contribution in [0, 0.1) is 12.8 Å². The van der Waals surface area contributed by atoms with E-state index < -0.39 is 5.97 Å². The van der Waals surface area contributed by atoms with E-state index >= 15 is 0 Å². The first kappa shape index (κ1) is 20.5. The Balaban J connectivity index is 1.75. The second kappa shape index (κ2) is 8.86. The molecule has 28 heavy (non-hydrogen) atoms. The van der Waals surface area contributed by atoms with E-state index in [1.807, 2.05) is 0 Å². The molecule has 0 saturated carbocycles. The summed E-state index contributed by atoms with van der Waals surface area (Å²) >= 11 is 1.17. The first-order chi connectivity index (χ1) is 13.4. The van der Waals surface area contributed by atoms with Crippen molar-refractivity contribution in [3.05, 3.63) is 26.6 Å². The van der Waals surface area contributed by atoms with Gasteiger partial charge in [0.2, 0.25) is 0 Å². The lowest BCUT2D eigenvalue weighted by atomic mass is 10.1. The van der Waals surface area contributed by atoms with E-state index in [0.717, 1.165) is 37.9 Å². The average Bonchev–Trinajstić information content (AvgIpc) is 2.81. The van der Waals surface area contributed by atoms with Gasteiger partial charge in [-0.15, -0.1) is 11.3 Å². The van der Waals surface area contributed by atoms with Gasteiger partial charge < -0.3 is 10.1 Å². The zero-order valence-electron chi connectivity index (χ0n) is 16.7. The summed E-state index contributed by atoms with van der Waals surface area (Å²) < 4.78 is 6.91. The van der Waals surface area contributed by atoms with Crippen LogP contribution in [0.25, 0.3) is 10.2 Å². The maximum atomic E-state index is 12.9. The lowest BCUT2D eigenvalue weighted by molar-refractivity contribution is -0.124. The Bertz CT molecular complexity index is 945. The maximum Gasteiger partial charge on any atom is 0.349 e. The summed E-state index contributed by atoms with van der Waals surface area (Å²) in [6, 6.07) is 0. The molecule has 1 aliphatic heterocycles. The average molecular weight is 406 g/mol. The molecule has 3 heterocycles. The highest BCUT2D eigenvalue weighted by atomic mass is 32.1. The number of fused-ring (bicyclic) bond motifs is 2. The van der Waals surface area contributed by atoms with Crippen LogP contribution in [0.5, 0.6) is 0 Å².